The average Bonchev–Trinajstić information content (AvgIpc) is 2.71. The first-order chi connectivity index (χ1) is 8.38. The first-order valence-electron chi connectivity index (χ1n) is 4.93. The van der Waals surface area contributed by atoms with Crippen molar-refractivity contribution in [3.05, 3.63) is 45.3 Å². The van der Waals surface area contributed by atoms with Gasteiger partial charge >= 0.3 is 0 Å². The molecule has 0 aliphatic heterocycles. The van der Waals surface area contributed by atoms with Gasteiger partial charge in [-0.25, -0.2) is 8.42 Å². The number of sulfonamides is 1. The molecule has 2 aromatic rings. The molecule has 1 heterocycles. The van der Waals surface area contributed by atoms with Crippen LogP contribution >= 0.6 is 34.5 Å². The first kappa shape index (κ1) is 13.7. The molecule has 18 heavy (non-hydrogen) atoms. The van der Waals surface area contributed by atoms with E-state index in [9.17, 15) is 8.42 Å². The number of halogens is 2. The maximum Gasteiger partial charge on any atom is 0.271 e. The molecule has 0 bridgehead atoms. The highest BCUT2D eigenvalue weighted by Gasteiger charge is 2.16. The van der Waals surface area contributed by atoms with Crippen molar-refractivity contribution >= 4 is 50.2 Å². The molecule has 0 aliphatic rings. The maximum absolute atomic E-state index is 12.0. The van der Waals surface area contributed by atoms with Gasteiger partial charge in [-0.05, 0) is 37.3 Å². The smallest absolute Gasteiger partial charge is 0.271 e. The summed E-state index contributed by atoms with van der Waals surface area (Å²) < 4.78 is 26.8. The molecule has 0 atom stereocenters. The van der Waals surface area contributed by atoms with E-state index in [0.29, 0.717) is 15.7 Å². The second-order valence-electron chi connectivity index (χ2n) is 3.60. The Morgan fingerprint density at radius 3 is 2.39 bits per heavy atom. The van der Waals surface area contributed by atoms with E-state index in [2.05, 4.69) is 4.72 Å². The Morgan fingerprint density at radius 1 is 1.11 bits per heavy atom. The molecule has 2 rings (SSSR count). The minimum Gasteiger partial charge on any atom is -0.279 e. The van der Waals surface area contributed by atoms with Crippen LogP contribution in [0.1, 0.15) is 4.88 Å². The number of rotatable bonds is 3. The molecule has 0 fully saturated rings. The number of hydrogen-bond acceptors (Lipinski definition) is 3. The standard InChI is InChI=1S/C11H9Cl2NO2S2/c1-7-2-5-11(17-7)18(15,16)14-8-3-4-9(12)10(13)6-8/h2-6,14H,1H3. The molecule has 1 aromatic carbocycles. The molecule has 1 aromatic heterocycles. The summed E-state index contributed by atoms with van der Waals surface area (Å²) in [6, 6.07) is 7.91. The first-order valence-corrected chi connectivity index (χ1v) is 7.98. The number of aryl methyl sites for hydroxylation is 1. The fourth-order valence-corrected chi connectivity index (χ4v) is 3.95. The molecule has 7 heteroatoms. The van der Waals surface area contributed by atoms with Crippen LogP contribution in [0.5, 0.6) is 0 Å². The van der Waals surface area contributed by atoms with E-state index in [4.69, 9.17) is 23.2 Å². The summed E-state index contributed by atoms with van der Waals surface area (Å²) in [6.45, 7) is 1.85. The minimum atomic E-state index is -3.56. The third-order valence-corrected chi connectivity index (χ3v) is 5.77. The van der Waals surface area contributed by atoms with Crippen LogP contribution in [-0.4, -0.2) is 8.42 Å². The Bertz CT molecular complexity index is 680. The van der Waals surface area contributed by atoms with Gasteiger partial charge in [0.1, 0.15) is 4.21 Å². The number of anilines is 1. The highest BCUT2D eigenvalue weighted by molar-refractivity contribution is 7.94. The van der Waals surface area contributed by atoms with E-state index in [0.717, 1.165) is 4.88 Å². The van der Waals surface area contributed by atoms with Crippen molar-refractivity contribution in [2.24, 2.45) is 0 Å². The van der Waals surface area contributed by atoms with Crippen LogP contribution in [0.4, 0.5) is 5.69 Å². The molecule has 0 amide bonds. The highest BCUT2D eigenvalue weighted by Crippen LogP contribution is 2.28. The predicted molar refractivity (Wildman–Crippen MR) is 76.3 cm³/mol. The summed E-state index contributed by atoms with van der Waals surface area (Å²) in [6.07, 6.45) is 0. The lowest BCUT2D eigenvalue weighted by Crippen LogP contribution is -2.11. The molecule has 0 unspecified atom stereocenters. The van der Waals surface area contributed by atoms with E-state index in [1.54, 1.807) is 24.3 Å². The van der Waals surface area contributed by atoms with E-state index < -0.39 is 10.0 Å². The number of nitrogens with one attached hydrogen (secondary N) is 1. The Balaban J connectivity index is 2.30. The predicted octanol–water partition coefficient (Wildman–Crippen LogP) is 4.16. The quantitative estimate of drug-likeness (QED) is 0.922. The zero-order chi connectivity index (χ0) is 13.3. The van der Waals surface area contributed by atoms with Gasteiger partial charge in [0.2, 0.25) is 0 Å². The Hall–Kier alpha value is -0.750. The molecule has 0 aliphatic carbocycles. The van der Waals surface area contributed by atoms with Gasteiger partial charge in [0.05, 0.1) is 15.7 Å². The van der Waals surface area contributed by atoms with Crippen LogP contribution in [0.15, 0.2) is 34.5 Å². The van der Waals surface area contributed by atoms with Gasteiger partial charge in [-0.15, -0.1) is 11.3 Å². The molecule has 0 spiro atoms. The number of hydrogen-bond donors (Lipinski definition) is 1. The minimum absolute atomic E-state index is 0.270. The summed E-state index contributed by atoms with van der Waals surface area (Å²) >= 11 is 12.8. The van der Waals surface area contributed by atoms with Crippen LogP contribution in [-0.2, 0) is 10.0 Å². The zero-order valence-corrected chi connectivity index (χ0v) is 12.4. The lowest BCUT2D eigenvalue weighted by molar-refractivity contribution is 0.603. The van der Waals surface area contributed by atoms with E-state index in [-0.39, 0.29) is 4.21 Å². The number of benzene rings is 1. The molecule has 0 saturated carbocycles. The van der Waals surface area contributed by atoms with Crippen LogP contribution in [0.2, 0.25) is 10.0 Å². The van der Waals surface area contributed by atoms with Gasteiger partial charge in [-0.2, -0.15) is 0 Å². The van der Waals surface area contributed by atoms with E-state index in [1.165, 1.54) is 17.4 Å². The Morgan fingerprint density at radius 2 is 1.83 bits per heavy atom. The molecule has 3 nitrogen and oxygen atoms in total. The topological polar surface area (TPSA) is 46.2 Å². The van der Waals surface area contributed by atoms with E-state index in [1.807, 2.05) is 6.92 Å². The number of thiophene rings is 1. The second-order valence-corrected chi connectivity index (χ2v) is 7.61. The van der Waals surface area contributed by atoms with Gasteiger partial charge in [0, 0.05) is 4.88 Å². The van der Waals surface area contributed by atoms with E-state index >= 15 is 0 Å². The van der Waals surface area contributed by atoms with Crippen molar-refractivity contribution in [2.75, 3.05) is 4.72 Å². The summed E-state index contributed by atoms with van der Waals surface area (Å²) in [4.78, 5) is 0.935. The zero-order valence-electron chi connectivity index (χ0n) is 9.28. The van der Waals surface area contributed by atoms with Crippen molar-refractivity contribution < 1.29 is 8.42 Å². The fraction of sp³-hybridized carbons (Fsp3) is 0.0909. The van der Waals surface area contributed by atoms with Gasteiger partial charge < -0.3 is 0 Å². The molecule has 1 N–H and O–H groups in total. The van der Waals surface area contributed by atoms with Crippen LogP contribution < -0.4 is 4.72 Å². The molecule has 0 radical (unpaired) electrons. The largest absolute Gasteiger partial charge is 0.279 e. The van der Waals surface area contributed by atoms with Gasteiger partial charge in [-0.1, -0.05) is 23.2 Å². The van der Waals surface area contributed by atoms with Gasteiger partial charge in [0.15, 0.2) is 0 Å². The summed E-state index contributed by atoms with van der Waals surface area (Å²) in [5.41, 5.74) is 0.385. The van der Waals surface area contributed by atoms with Crippen LogP contribution in [0.3, 0.4) is 0 Å². The monoisotopic (exact) mass is 321 g/mol. The van der Waals surface area contributed by atoms with Crippen molar-refractivity contribution in [1.82, 2.24) is 0 Å². The SMILES string of the molecule is Cc1ccc(S(=O)(=O)Nc2ccc(Cl)c(Cl)c2)s1. The average molecular weight is 322 g/mol. The maximum atomic E-state index is 12.0. The Kier molecular flexibility index (Phi) is 3.87. The molecule has 96 valence electrons. The Labute approximate surface area is 119 Å². The summed E-state index contributed by atoms with van der Waals surface area (Å²) in [5, 5.41) is 0.686. The van der Waals surface area contributed by atoms with Crippen LogP contribution in [0.25, 0.3) is 0 Å². The third-order valence-electron chi connectivity index (χ3n) is 2.15. The third kappa shape index (κ3) is 2.98. The highest BCUT2D eigenvalue weighted by atomic mass is 35.5. The fourth-order valence-electron chi connectivity index (χ4n) is 1.32. The van der Waals surface area contributed by atoms with Crippen molar-refractivity contribution in [3.8, 4) is 0 Å². The second kappa shape index (κ2) is 5.09. The normalized spacial score (nSPS) is 11.5. The van der Waals surface area contributed by atoms with Crippen molar-refractivity contribution in [3.63, 3.8) is 0 Å². The van der Waals surface area contributed by atoms with Crippen molar-refractivity contribution in [2.45, 2.75) is 11.1 Å². The molecular weight excluding hydrogens is 313 g/mol. The van der Waals surface area contributed by atoms with Gasteiger partial charge in [0.25, 0.3) is 10.0 Å². The summed E-state index contributed by atoms with van der Waals surface area (Å²) in [7, 11) is -3.56. The van der Waals surface area contributed by atoms with Crippen molar-refractivity contribution in [1.29, 1.82) is 0 Å². The molecular formula is C11H9Cl2NO2S2. The van der Waals surface area contributed by atoms with Crippen LogP contribution in [0, 0.1) is 6.92 Å². The van der Waals surface area contributed by atoms with Gasteiger partial charge in [-0.3, -0.25) is 4.72 Å². The summed E-state index contributed by atoms with van der Waals surface area (Å²) in [5.74, 6) is 0. The lowest BCUT2D eigenvalue weighted by atomic mass is 10.3. The molecule has 0 saturated heterocycles. The lowest BCUT2D eigenvalue weighted by Gasteiger charge is -2.07.